The molecule has 1 amide bonds. The maximum atomic E-state index is 13.1. The number of hydrogen-bond acceptors (Lipinski definition) is 3. The molecule has 148 valence electrons. The molecule has 0 fully saturated rings. The van der Waals surface area contributed by atoms with E-state index in [1.165, 1.54) is 23.9 Å². The van der Waals surface area contributed by atoms with Crippen LogP contribution in [0, 0.1) is 0 Å². The number of benzene rings is 3. The summed E-state index contributed by atoms with van der Waals surface area (Å²) in [4.78, 5) is 19.2. The van der Waals surface area contributed by atoms with Gasteiger partial charge in [0.2, 0.25) is 0 Å². The van der Waals surface area contributed by atoms with Gasteiger partial charge in [-0.3, -0.25) is 14.7 Å². The smallest absolute Gasteiger partial charge is 0.286 e. The standard InChI is InChI=1S/C22H17F3N2OS/c23-22(24,25)17-10-8-15(9-11-17)14-29-21-26-12-13-27(21)20(28)19-7-3-5-16-4-1-2-6-18(16)19/h1-11H,12-14H2. The number of thioether (sulfide) groups is 1. The average molecular weight is 414 g/mol. The van der Waals surface area contributed by atoms with Crippen molar-refractivity contribution in [3.8, 4) is 0 Å². The zero-order valence-corrected chi connectivity index (χ0v) is 16.1. The lowest BCUT2D eigenvalue weighted by atomic mass is 10.0. The Morgan fingerprint density at radius 1 is 1.00 bits per heavy atom. The van der Waals surface area contributed by atoms with E-state index in [9.17, 15) is 18.0 Å². The number of carbonyl (C=O) groups is 1. The van der Waals surface area contributed by atoms with Gasteiger partial charge in [-0.1, -0.05) is 60.3 Å². The number of halogens is 3. The molecular formula is C22H17F3N2OS. The van der Waals surface area contributed by atoms with Gasteiger partial charge in [0.15, 0.2) is 5.17 Å². The Morgan fingerprint density at radius 2 is 1.72 bits per heavy atom. The Bertz CT molecular complexity index is 1070. The summed E-state index contributed by atoms with van der Waals surface area (Å²) in [6.45, 7) is 1.02. The highest BCUT2D eigenvalue weighted by molar-refractivity contribution is 8.13. The van der Waals surface area contributed by atoms with Crippen molar-refractivity contribution in [2.75, 3.05) is 13.1 Å². The molecule has 3 nitrogen and oxygen atoms in total. The van der Waals surface area contributed by atoms with Gasteiger partial charge in [0.25, 0.3) is 5.91 Å². The van der Waals surface area contributed by atoms with Crippen LogP contribution >= 0.6 is 11.8 Å². The van der Waals surface area contributed by atoms with Gasteiger partial charge in [0, 0.05) is 17.9 Å². The van der Waals surface area contributed by atoms with E-state index >= 15 is 0 Å². The molecule has 3 aromatic rings. The van der Waals surface area contributed by atoms with Crippen molar-refractivity contribution >= 4 is 33.6 Å². The highest BCUT2D eigenvalue weighted by Gasteiger charge is 2.30. The van der Waals surface area contributed by atoms with Crippen LogP contribution in [0.3, 0.4) is 0 Å². The van der Waals surface area contributed by atoms with Gasteiger partial charge < -0.3 is 0 Å². The van der Waals surface area contributed by atoms with E-state index in [1.54, 1.807) is 11.0 Å². The van der Waals surface area contributed by atoms with E-state index in [1.807, 2.05) is 36.4 Å². The number of aliphatic imine (C=N–C) groups is 1. The van der Waals surface area contributed by atoms with Crippen LogP contribution in [0.4, 0.5) is 13.2 Å². The van der Waals surface area contributed by atoms with Crippen LogP contribution in [0.25, 0.3) is 10.8 Å². The molecule has 0 saturated carbocycles. The van der Waals surface area contributed by atoms with Gasteiger partial charge in [-0.2, -0.15) is 13.2 Å². The first-order chi connectivity index (χ1) is 13.9. The van der Waals surface area contributed by atoms with Crippen LogP contribution in [0.2, 0.25) is 0 Å². The van der Waals surface area contributed by atoms with Gasteiger partial charge in [0.05, 0.1) is 12.1 Å². The first-order valence-electron chi connectivity index (χ1n) is 9.06. The SMILES string of the molecule is O=C(c1cccc2ccccc12)N1CCN=C1SCc1ccc(C(F)(F)F)cc1. The molecule has 0 unspecified atom stereocenters. The van der Waals surface area contributed by atoms with Crippen molar-refractivity contribution < 1.29 is 18.0 Å². The zero-order chi connectivity index (χ0) is 20.4. The lowest BCUT2D eigenvalue weighted by Gasteiger charge is -2.19. The predicted octanol–water partition coefficient (Wildman–Crippen LogP) is 5.60. The molecule has 0 radical (unpaired) electrons. The maximum Gasteiger partial charge on any atom is 0.416 e. The zero-order valence-electron chi connectivity index (χ0n) is 15.3. The number of nitrogens with zero attached hydrogens (tertiary/aromatic N) is 2. The molecule has 0 aromatic heterocycles. The third-order valence-corrected chi connectivity index (χ3v) is 5.80. The Morgan fingerprint density at radius 3 is 2.48 bits per heavy atom. The van der Waals surface area contributed by atoms with Crippen molar-refractivity contribution in [1.29, 1.82) is 0 Å². The van der Waals surface area contributed by atoms with E-state index < -0.39 is 11.7 Å². The van der Waals surface area contributed by atoms with Crippen LogP contribution < -0.4 is 0 Å². The second-order valence-electron chi connectivity index (χ2n) is 6.63. The summed E-state index contributed by atoms with van der Waals surface area (Å²) < 4.78 is 38.1. The van der Waals surface area contributed by atoms with E-state index in [0.717, 1.165) is 28.5 Å². The van der Waals surface area contributed by atoms with Crippen LogP contribution in [0.5, 0.6) is 0 Å². The number of hydrogen-bond donors (Lipinski definition) is 0. The summed E-state index contributed by atoms with van der Waals surface area (Å²) in [5.41, 5.74) is 0.695. The first-order valence-corrected chi connectivity index (χ1v) is 10.0. The minimum absolute atomic E-state index is 0.113. The molecule has 0 N–H and O–H groups in total. The van der Waals surface area contributed by atoms with Crippen molar-refractivity contribution in [2.45, 2.75) is 11.9 Å². The molecule has 0 saturated heterocycles. The van der Waals surface area contributed by atoms with Crippen LogP contribution in [0.15, 0.2) is 71.7 Å². The molecule has 29 heavy (non-hydrogen) atoms. The summed E-state index contributed by atoms with van der Waals surface area (Å²) in [6.07, 6.45) is -4.34. The summed E-state index contributed by atoms with van der Waals surface area (Å²) >= 11 is 1.36. The lowest BCUT2D eigenvalue weighted by Crippen LogP contribution is -2.33. The highest BCUT2D eigenvalue weighted by atomic mass is 32.2. The van der Waals surface area contributed by atoms with Crippen LogP contribution in [0.1, 0.15) is 21.5 Å². The quantitative estimate of drug-likeness (QED) is 0.559. The normalized spacial score (nSPS) is 14.3. The number of alkyl halides is 3. The van der Waals surface area contributed by atoms with E-state index in [2.05, 4.69) is 4.99 Å². The van der Waals surface area contributed by atoms with Crippen molar-refractivity contribution in [3.05, 3.63) is 83.4 Å². The fourth-order valence-electron chi connectivity index (χ4n) is 3.23. The summed E-state index contributed by atoms with van der Waals surface area (Å²) in [5.74, 6) is 0.328. The van der Waals surface area contributed by atoms with Gasteiger partial charge in [-0.15, -0.1) is 0 Å². The average Bonchev–Trinajstić information content (AvgIpc) is 3.19. The number of amides is 1. The third-order valence-electron chi connectivity index (χ3n) is 4.72. The predicted molar refractivity (Wildman–Crippen MR) is 110 cm³/mol. The molecule has 0 spiro atoms. The van der Waals surface area contributed by atoms with Gasteiger partial charge in [-0.05, 0) is 34.5 Å². The monoisotopic (exact) mass is 414 g/mol. The third kappa shape index (κ3) is 4.15. The molecule has 0 aliphatic carbocycles. The number of carbonyl (C=O) groups excluding carboxylic acids is 1. The molecule has 3 aromatic carbocycles. The molecule has 0 bridgehead atoms. The highest BCUT2D eigenvalue weighted by Crippen LogP contribution is 2.30. The fourth-order valence-corrected chi connectivity index (χ4v) is 4.23. The summed E-state index contributed by atoms with van der Waals surface area (Å²) in [5, 5.41) is 2.48. The molecule has 4 rings (SSSR count). The molecule has 1 aliphatic heterocycles. The van der Waals surface area contributed by atoms with Gasteiger partial charge in [-0.25, -0.2) is 0 Å². The second-order valence-corrected chi connectivity index (χ2v) is 7.57. The van der Waals surface area contributed by atoms with Gasteiger partial charge in [0.1, 0.15) is 0 Å². The van der Waals surface area contributed by atoms with E-state index in [-0.39, 0.29) is 5.91 Å². The largest absolute Gasteiger partial charge is 0.416 e. The molecule has 7 heteroatoms. The Kier molecular flexibility index (Phi) is 5.32. The molecule has 1 aliphatic rings. The molecular weight excluding hydrogens is 397 g/mol. The lowest BCUT2D eigenvalue weighted by molar-refractivity contribution is -0.137. The topological polar surface area (TPSA) is 32.7 Å². The summed E-state index contributed by atoms with van der Waals surface area (Å²) in [7, 11) is 0. The number of fused-ring (bicyclic) bond motifs is 1. The second kappa shape index (κ2) is 7.91. The number of rotatable bonds is 3. The van der Waals surface area contributed by atoms with E-state index in [4.69, 9.17) is 0 Å². The Balaban J connectivity index is 1.48. The Hall–Kier alpha value is -2.80. The van der Waals surface area contributed by atoms with Crippen LogP contribution in [-0.4, -0.2) is 29.1 Å². The first kappa shape index (κ1) is 19.5. The Labute approximate surface area is 170 Å². The van der Waals surface area contributed by atoms with Crippen molar-refractivity contribution in [2.24, 2.45) is 4.99 Å². The van der Waals surface area contributed by atoms with E-state index in [0.29, 0.717) is 29.6 Å². The number of amidine groups is 1. The van der Waals surface area contributed by atoms with Crippen molar-refractivity contribution in [1.82, 2.24) is 4.90 Å². The minimum atomic E-state index is -4.34. The van der Waals surface area contributed by atoms with Crippen LogP contribution in [-0.2, 0) is 11.9 Å². The minimum Gasteiger partial charge on any atom is -0.286 e. The fraction of sp³-hybridized carbons (Fsp3) is 0.182. The molecule has 0 atom stereocenters. The molecule has 1 heterocycles. The van der Waals surface area contributed by atoms with Crippen molar-refractivity contribution in [3.63, 3.8) is 0 Å². The van der Waals surface area contributed by atoms with Gasteiger partial charge >= 0.3 is 6.18 Å². The summed E-state index contributed by atoms with van der Waals surface area (Å²) in [6, 6.07) is 18.4. The maximum absolute atomic E-state index is 13.1.